The van der Waals surface area contributed by atoms with Crippen molar-refractivity contribution in [3.63, 3.8) is 0 Å². The third-order valence-corrected chi connectivity index (χ3v) is 4.33. The zero-order valence-corrected chi connectivity index (χ0v) is 15.0. The average Bonchev–Trinajstić information content (AvgIpc) is 2.90. The van der Waals surface area contributed by atoms with E-state index >= 15 is 0 Å². The molecule has 0 saturated heterocycles. The van der Waals surface area contributed by atoms with Crippen LogP contribution in [0.25, 0.3) is 0 Å². The first kappa shape index (κ1) is 18.1. The summed E-state index contributed by atoms with van der Waals surface area (Å²) in [5.41, 5.74) is 2.34. The van der Waals surface area contributed by atoms with Gasteiger partial charge in [0.25, 0.3) is 0 Å². The molecule has 2 N–H and O–H groups in total. The predicted molar refractivity (Wildman–Crippen MR) is 98.6 cm³/mol. The minimum Gasteiger partial charge on any atom is -0.504 e. The van der Waals surface area contributed by atoms with Crippen LogP contribution in [-0.2, 0) is 22.6 Å². The molecule has 0 unspecified atom stereocenters. The van der Waals surface area contributed by atoms with E-state index in [0.29, 0.717) is 17.4 Å². The fourth-order valence-electron chi connectivity index (χ4n) is 2.86. The number of hydrogen-bond acceptors (Lipinski definition) is 4. The molecule has 3 rings (SSSR count). The molecule has 0 aromatic heterocycles. The molecule has 0 bridgehead atoms. The van der Waals surface area contributed by atoms with E-state index in [-0.39, 0.29) is 37.1 Å². The molecule has 0 aliphatic carbocycles. The third-order valence-electron chi connectivity index (χ3n) is 4.09. The number of carbonyl (C=O) groups is 2. The highest BCUT2D eigenvalue weighted by molar-refractivity contribution is 6.31. The van der Waals surface area contributed by atoms with Crippen molar-refractivity contribution in [3.8, 4) is 11.5 Å². The number of ether oxygens (including phenoxy) is 1. The number of anilines is 1. The van der Waals surface area contributed by atoms with Gasteiger partial charge in [0.05, 0.1) is 13.0 Å². The Bertz CT molecular complexity index is 853. The largest absolute Gasteiger partial charge is 0.504 e. The summed E-state index contributed by atoms with van der Waals surface area (Å²) in [6, 6.07) is 10.1. The van der Waals surface area contributed by atoms with Crippen molar-refractivity contribution in [2.75, 3.05) is 18.1 Å². The van der Waals surface area contributed by atoms with E-state index in [1.807, 2.05) is 6.92 Å². The SMILES string of the molecule is CCOc1cc(CNC(=O)CN2C(=O)Cc3cc(Cl)ccc32)ccc1O. The first-order chi connectivity index (χ1) is 12.5. The van der Waals surface area contributed by atoms with Crippen LogP contribution < -0.4 is 15.0 Å². The topological polar surface area (TPSA) is 78.9 Å². The maximum absolute atomic E-state index is 12.3. The highest BCUT2D eigenvalue weighted by atomic mass is 35.5. The molecule has 0 radical (unpaired) electrons. The summed E-state index contributed by atoms with van der Waals surface area (Å²) >= 11 is 5.95. The van der Waals surface area contributed by atoms with Crippen molar-refractivity contribution in [2.45, 2.75) is 19.9 Å². The molecule has 1 aliphatic rings. The molecule has 2 aromatic carbocycles. The summed E-state index contributed by atoms with van der Waals surface area (Å²) in [6.45, 7) is 2.48. The number of amides is 2. The first-order valence-electron chi connectivity index (χ1n) is 8.28. The van der Waals surface area contributed by atoms with Gasteiger partial charge in [-0.1, -0.05) is 17.7 Å². The van der Waals surface area contributed by atoms with Crippen molar-refractivity contribution in [2.24, 2.45) is 0 Å². The van der Waals surface area contributed by atoms with Gasteiger partial charge in [0, 0.05) is 17.3 Å². The van der Waals surface area contributed by atoms with Gasteiger partial charge in [-0.05, 0) is 48.4 Å². The van der Waals surface area contributed by atoms with Gasteiger partial charge in [-0.3, -0.25) is 9.59 Å². The van der Waals surface area contributed by atoms with Crippen LogP contribution in [0.1, 0.15) is 18.1 Å². The van der Waals surface area contributed by atoms with Crippen LogP contribution in [-0.4, -0.2) is 30.1 Å². The fraction of sp³-hybridized carbons (Fsp3) is 0.263. The Kier molecular flexibility index (Phi) is 5.32. The Labute approximate surface area is 156 Å². The van der Waals surface area contributed by atoms with Gasteiger partial charge in [0.1, 0.15) is 6.54 Å². The Morgan fingerprint density at radius 1 is 1.31 bits per heavy atom. The van der Waals surface area contributed by atoms with Crippen molar-refractivity contribution >= 4 is 29.1 Å². The Morgan fingerprint density at radius 2 is 2.12 bits per heavy atom. The van der Waals surface area contributed by atoms with Crippen LogP contribution in [0.3, 0.4) is 0 Å². The second kappa shape index (κ2) is 7.66. The number of rotatable bonds is 6. The van der Waals surface area contributed by atoms with E-state index in [2.05, 4.69) is 5.32 Å². The smallest absolute Gasteiger partial charge is 0.240 e. The van der Waals surface area contributed by atoms with Gasteiger partial charge in [0.2, 0.25) is 11.8 Å². The molecule has 0 saturated carbocycles. The third kappa shape index (κ3) is 3.91. The quantitative estimate of drug-likeness (QED) is 0.814. The second-order valence-electron chi connectivity index (χ2n) is 5.94. The van der Waals surface area contributed by atoms with Gasteiger partial charge in [0.15, 0.2) is 11.5 Å². The van der Waals surface area contributed by atoms with E-state index in [9.17, 15) is 14.7 Å². The Hall–Kier alpha value is -2.73. The van der Waals surface area contributed by atoms with Crippen LogP contribution in [0.2, 0.25) is 5.02 Å². The molecule has 26 heavy (non-hydrogen) atoms. The molecule has 2 amide bonds. The van der Waals surface area contributed by atoms with Crippen LogP contribution in [0.15, 0.2) is 36.4 Å². The van der Waals surface area contributed by atoms with E-state index in [1.54, 1.807) is 30.3 Å². The van der Waals surface area contributed by atoms with Gasteiger partial charge in [-0.15, -0.1) is 0 Å². The number of nitrogens with zero attached hydrogens (tertiary/aromatic N) is 1. The lowest BCUT2D eigenvalue weighted by Crippen LogP contribution is -2.38. The number of benzene rings is 2. The number of aromatic hydroxyl groups is 1. The number of carbonyl (C=O) groups excluding carboxylic acids is 2. The van der Waals surface area contributed by atoms with E-state index in [4.69, 9.17) is 16.3 Å². The van der Waals surface area contributed by atoms with Crippen molar-refractivity contribution in [3.05, 3.63) is 52.5 Å². The van der Waals surface area contributed by atoms with Crippen LogP contribution in [0.4, 0.5) is 5.69 Å². The zero-order chi connectivity index (χ0) is 18.7. The van der Waals surface area contributed by atoms with Gasteiger partial charge in [-0.2, -0.15) is 0 Å². The maximum Gasteiger partial charge on any atom is 0.240 e. The fourth-order valence-corrected chi connectivity index (χ4v) is 3.06. The molecule has 7 heteroatoms. The summed E-state index contributed by atoms with van der Waals surface area (Å²) < 4.78 is 5.33. The van der Waals surface area contributed by atoms with Crippen LogP contribution >= 0.6 is 11.6 Å². The van der Waals surface area contributed by atoms with Crippen molar-refractivity contribution in [1.82, 2.24) is 5.32 Å². The molecule has 1 heterocycles. The molecule has 0 spiro atoms. The number of halogens is 1. The summed E-state index contributed by atoms with van der Waals surface area (Å²) in [5, 5.41) is 13.1. The number of fused-ring (bicyclic) bond motifs is 1. The molecule has 2 aromatic rings. The first-order valence-corrected chi connectivity index (χ1v) is 8.66. The predicted octanol–water partition coefficient (Wildman–Crippen LogP) is 2.65. The highest BCUT2D eigenvalue weighted by Gasteiger charge is 2.28. The lowest BCUT2D eigenvalue weighted by molar-refractivity contribution is -0.123. The van der Waals surface area contributed by atoms with E-state index in [0.717, 1.165) is 16.8 Å². The van der Waals surface area contributed by atoms with Crippen molar-refractivity contribution in [1.29, 1.82) is 0 Å². The lowest BCUT2D eigenvalue weighted by Gasteiger charge is -2.17. The molecule has 6 nitrogen and oxygen atoms in total. The van der Waals surface area contributed by atoms with E-state index < -0.39 is 0 Å². The molecule has 1 aliphatic heterocycles. The Morgan fingerprint density at radius 3 is 2.88 bits per heavy atom. The number of hydrogen-bond donors (Lipinski definition) is 2. The normalized spacial score (nSPS) is 12.8. The maximum atomic E-state index is 12.3. The lowest BCUT2D eigenvalue weighted by atomic mass is 10.2. The van der Waals surface area contributed by atoms with Gasteiger partial charge >= 0.3 is 0 Å². The van der Waals surface area contributed by atoms with Crippen molar-refractivity contribution < 1.29 is 19.4 Å². The summed E-state index contributed by atoms with van der Waals surface area (Å²) in [5.74, 6) is 0.0347. The zero-order valence-electron chi connectivity index (χ0n) is 14.3. The van der Waals surface area contributed by atoms with Gasteiger partial charge < -0.3 is 20.1 Å². The number of phenols is 1. The van der Waals surface area contributed by atoms with Gasteiger partial charge in [-0.25, -0.2) is 0 Å². The summed E-state index contributed by atoms with van der Waals surface area (Å²) in [4.78, 5) is 25.9. The average molecular weight is 375 g/mol. The second-order valence-corrected chi connectivity index (χ2v) is 6.38. The standard InChI is InChI=1S/C19H19ClN2O4/c1-2-26-17-7-12(3-6-16(17)23)10-21-18(24)11-22-15-5-4-14(20)8-13(15)9-19(22)25/h3-8,23H,2,9-11H2,1H3,(H,21,24). The summed E-state index contributed by atoms with van der Waals surface area (Å²) in [7, 11) is 0. The molecular weight excluding hydrogens is 356 g/mol. The van der Waals surface area contributed by atoms with E-state index in [1.165, 1.54) is 11.0 Å². The molecule has 0 fully saturated rings. The van der Waals surface area contributed by atoms with Crippen LogP contribution in [0, 0.1) is 0 Å². The monoisotopic (exact) mass is 374 g/mol. The number of phenolic OH excluding ortho intramolecular Hbond substituents is 1. The Balaban J connectivity index is 1.62. The summed E-state index contributed by atoms with van der Waals surface area (Å²) in [6.07, 6.45) is 0.249. The minimum atomic E-state index is -0.271. The van der Waals surface area contributed by atoms with Crippen LogP contribution in [0.5, 0.6) is 11.5 Å². The minimum absolute atomic E-state index is 0.0517. The molecule has 136 valence electrons. The molecular formula is C19H19ClN2O4. The number of nitrogens with one attached hydrogen (secondary N) is 1. The highest BCUT2D eigenvalue weighted by Crippen LogP contribution is 2.31. The molecule has 0 atom stereocenters.